The highest BCUT2D eigenvalue weighted by molar-refractivity contribution is 6.13. The first-order valence-corrected chi connectivity index (χ1v) is 13.3. The van der Waals surface area contributed by atoms with E-state index in [-0.39, 0.29) is 43.2 Å². The lowest BCUT2D eigenvalue weighted by molar-refractivity contribution is -0.195. The van der Waals surface area contributed by atoms with Gasteiger partial charge in [-0.3, -0.25) is 14.4 Å². The van der Waals surface area contributed by atoms with Crippen LogP contribution in [0.25, 0.3) is 0 Å². The Bertz CT molecular complexity index is 1140. The number of aryl methyl sites for hydroxylation is 1. The van der Waals surface area contributed by atoms with Gasteiger partial charge in [-0.25, -0.2) is 0 Å². The van der Waals surface area contributed by atoms with Crippen LogP contribution in [0.4, 0.5) is 13.2 Å². The molecule has 0 bridgehead atoms. The lowest BCUT2D eigenvalue weighted by Gasteiger charge is -2.43. The van der Waals surface area contributed by atoms with Gasteiger partial charge in [-0.05, 0) is 54.2 Å². The van der Waals surface area contributed by atoms with E-state index in [9.17, 15) is 14.4 Å². The number of hydrogen-bond acceptors (Lipinski definition) is 4. The van der Waals surface area contributed by atoms with Crippen LogP contribution in [0.5, 0.6) is 5.75 Å². The summed E-state index contributed by atoms with van der Waals surface area (Å²) in [7, 11) is 1.52. The van der Waals surface area contributed by atoms with E-state index in [4.69, 9.17) is 4.74 Å². The molecule has 9 heteroatoms. The highest BCUT2D eigenvalue weighted by Crippen LogP contribution is 2.53. The Morgan fingerprint density at radius 1 is 1.11 bits per heavy atom. The maximum atomic E-state index is 15.1. The van der Waals surface area contributed by atoms with Gasteiger partial charge in [-0.1, -0.05) is 52.7 Å². The van der Waals surface area contributed by atoms with Crippen LogP contribution in [0, 0.1) is 17.3 Å². The van der Waals surface area contributed by atoms with Gasteiger partial charge < -0.3 is 15.0 Å². The normalized spacial score (nSPS) is 29.4. The lowest BCUT2D eigenvalue weighted by atomic mass is 9.72. The number of nitrogens with one attached hydrogen (secondary N) is 1. The Hall–Kier alpha value is -2.84. The van der Waals surface area contributed by atoms with E-state index in [0.717, 1.165) is 18.4 Å². The number of ether oxygens (including phenoxy) is 1. The summed E-state index contributed by atoms with van der Waals surface area (Å²) in [5.74, 6) is -2.10. The summed E-state index contributed by atoms with van der Waals surface area (Å²) in [5, 5.41) is 2.07. The summed E-state index contributed by atoms with van der Waals surface area (Å²) >= 11 is 0. The molecule has 0 radical (unpaired) electrons. The summed E-state index contributed by atoms with van der Waals surface area (Å²) in [5.41, 5.74) is -3.68. The van der Waals surface area contributed by atoms with Crippen molar-refractivity contribution in [3.63, 3.8) is 0 Å². The fourth-order valence-corrected chi connectivity index (χ4v) is 6.37. The third kappa shape index (κ3) is 4.84. The number of carbonyl (C=O) groups excluding carboxylic acids is 3. The highest BCUT2D eigenvalue weighted by Gasteiger charge is 2.72. The first-order valence-electron chi connectivity index (χ1n) is 13.3. The van der Waals surface area contributed by atoms with Gasteiger partial charge >= 0.3 is 6.18 Å². The molecule has 4 rings (SSSR count). The van der Waals surface area contributed by atoms with Crippen LogP contribution in [0.1, 0.15) is 71.8 Å². The quantitative estimate of drug-likeness (QED) is 0.534. The number of benzene rings is 1. The molecule has 1 saturated carbocycles. The van der Waals surface area contributed by atoms with Gasteiger partial charge in [0.2, 0.25) is 11.4 Å². The van der Waals surface area contributed by atoms with Crippen LogP contribution in [0.15, 0.2) is 35.5 Å². The number of halogens is 3. The Labute approximate surface area is 222 Å². The molecule has 1 aromatic rings. The van der Waals surface area contributed by atoms with Crippen LogP contribution in [0.3, 0.4) is 0 Å². The first-order chi connectivity index (χ1) is 17.7. The number of ketones is 1. The molecular weight excluding hydrogens is 497 g/mol. The van der Waals surface area contributed by atoms with Gasteiger partial charge in [-0.2, -0.15) is 13.2 Å². The van der Waals surface area contributed by atoms with Gasteiger partial charge in [-0.15, -0.1) is 0 Å². The molecule has 208 valence electrons. The SMILES string of the molecule is COc1ccc(CCC(=O)N[C@@]2(C(F)(F)F)C(=O)N([C@@H]3CCC[C@H](C)[C@H]3C)C3=C2C(=O)CC(C)(C)C3)cc1. The summed E-state index contributed by atoms with van der Waals surface area (Å²) in [6.07, 6.45) is -2.96. The Balaban J connectivity index is 1.72. The minimum atomic E-state index is -5.18. The summed E-state index contributed by atoms with van der Waals surface area (Å²) in [6.45, 7) is 7.65. The average Bonchev–Trinajstić information content (AvgIpc) is 3.07. The van der Waals surface area contributed by atoms with E-state index in [1.807, 2.05) is 27.7 Å². The van der Waals surface area contributed by atoms with Gasteiger partial charge in [0.25, 0.3) is 5.91 Å². The van der Waals surface area contributed by atoms with Crippen molar-refractivity contribution in [2.45, 2.75) is 90.4 Å². The highest BCUT2D eigenvalue weighted by atomic mass is 19.4. The number of methoxy groups -OCH3 is 1. The van der Waals surface area contributed by atoms with Crippen molar-refractivity contribution in [1.29, 1.82) is 0 Å². The molecule has 1 heterocycles. The first kappa shape index (κ1) is 28.2. The molecule has 1 fully saturated rings. The van der Waals surface area contributed by atoms with E-state index < -0.39 is 46.3 Å². The van der Waals surface area contributed by atoms with Crippen molar-refractivity contribution in [2.24, 2.45) is 17.3 Å². The summed E-state index contributed by atoms with van der Waals surface area (Å²) in [4.78, 5) is 41.7. The van der Waals surface area contributed by atoms with Crippen LogP contribution in [-0.4, -0.2) is 47.4 Å². The van der Waals surface area contributed by atoms with Crippen molar-refractivity contribution < 1.29 is 32.3 Å². The van der Waals surface area contributed by atoms with Crippen LogP contribution < -0.4 is 10.1 Å². The summed E-state index contributed by atoms with van der Waals surface area (Å²) < 4.78 is 50.3. The number of hydrogen-bond donors (Lipinski definition) is 1. The molecule has 0 saturated heterocycles. The van der Waals surface area contributed by atoms with Crippen LogP contribution in [0.2, 0.25) is 0 Å². The second-order valence-corrected chi connectivity index (χ2v) is 11.9. The van der Waals surface area contributed by atoms with Crippen molar-refractivity contribution in [1.82, 2.24) is 10.2 Å². The summed E-state index contributed by atoms with van der Waals surface area (Å²) in [6, 6.07) is 6.40. The van der Waals surface area contributed by atoms with E-state index in [0.29, 0.717) is 12.2 Å². The van der Waals surface area contributed by atoms with Crippen molar-refractivity contribution in [3.8, 4) is 5.75 Å². The predicted molar refractivity (Wildman–Crippen MR) is 136 cm³/mol. The molecule has 6 nitrogen and oxygen atoms in total. The smallest absolute Gasteiger partial charge is 0.425 e. The number of amides is 2. The average molecular weight is 535 g/mol. The van der Waals surface area contributed by atoms with Crippen molar-refractivity contribution in [2.75, 3.05) is 7.11 Å². The molecule has 2 amide bonds. The number of alkyl halides is 3. The zero-order chi connectivity index (χ0) is 28.0. The number of nitrogens with zero attached hydrogens (tertiary/aromatic N) is 1. The van der Waals surface area contributed by atoms with E-state index >= 15 is 13.2 Å². The molecule has 3 aliphatic rings. The maximum Gasteiger partial charge on any atom is 0.425 e. The largest absolute Gasteiger partial charge is 0.497 e. The molecule has 38 heavy (non-hydrogen) atoms. The van der Waals surface area contributed by atoms with Crippen LogP contribution >= 0.6 is 0 Å². The standard InChI is InChI=1S/C29H37F3N2O4/c1-17-7-6-8-21(18(17)2)34-22-15-27(3,4)16-23(35)25(22)28(26(34)37,29(30,31)32)33-24(36)14-11-19-9-12-20(38-5)13-10-19/h9-10,12-13,17-18,21H,6-8,11,14-16H2,1-5H3,(H,33,36)/t17-,18+,21+,28+/m0/s1. The Kier molecular flexibility index (Phi) is 7.45. The molecule has 4 atom stereocenters. The molecule has 2 aliphatic carbocycles. The second-order valence-electron chi connectivity index (χ2n) is 11.9. The Morgan fingerprint density at radius 2 is 1.76 bits per heavy atom. The molecule has 1 N–H and O–H groups in total. The van der Waals surface area contributed by atoms with Gasteiger partial charge in [0, 0.05) is 24.6 Å². The zero-order valence-corrected chi connectivity index (χ0v) is 22.7. The molecule has 0 unspecified atom stereocenters. The molecule has 1 aliphatic heterocycles. The van der Waals surface area contributed by atoms with Crippen molar-refractivity contribution in [3.05, 3.63) is 41.1 Å². The third-order valence-corrected chi connectivity index (χ3v) is 8.61. The zero-order valence-electron chi connectivity index (χ0n) is 22.7. The monoisotopic (exact) mass is 534 g/mol. The topological polar surface area (TPSA) is 75.7 Å². The third-order valence-electron chi connectivity index (χ3n) is 8.61. The predicted octanol–water partition coefficient (Wildman–Crippen LogP) is 5.36. The van der Waals surface area contributed by atoms with E-state index in [2.05, 4.69) is 5.32 Å². The number of allylic oxidation sites excluding steroid dienone is 1. The van der Waals surface area contributed by atoms with Gasteiger partial charge in [0.05, 0.1) is 12.7 Å². The minimum absolute atomic E-state index is 0.0450. The lowest BCUT2D eigenvalue weighted by Crippen LogP contribution is -2.67. The molecule has 0 aromatic heterocycles. The van der Waals surface area contributed by atoms with Crippen molar-refractivity contribution >= 4 is 17.6 Å². The number of carbonyl (C=O) groups is 3. The number of Topliss-reactive ketones (excluding diaryl/α,β-unsaturated/α-hetero) is 1. The van der Waals surface area contributed by atoms with Gasteiger partial charge in [0.15, 0.2) is 5.78 Å². The second kappa shape index (κ2) is 10.0. The molecule has 1 aromatic carbocycles. The van der Waals surface area contributed by atoms with Crippen LogP contribution in [-0.2, 0) is 20.8 Å². The van der Waals surface area contributed by atoms with E-state index in [1.165, 1.54) is 12.0 Å². The fourth-order valence-electron chi connectivity index (χ4n) is 6.37. The molecular formula is C29H37F3N2O4. The molecule has 0 spiro atoms. The Morgan fingerprint density at radius 3 is 2.37 bits per heavy atom. The maximum absolute atomic E-state index is 15.1. The minimum Gasteiger partial charge on any atom is -0.497 e. The van der Waals surface area contributed by atoms with E-state index in [1.54, 1.807) is 24.3 Å². The fraction of sp³-hybridized carbons (Fsp3) is 0.621. The van der Waals surface area contributed by atoms with Gasteiger partial charge in [0.1, 0.15) is 5.75 Å². The number of rotatable bonds is 6.